The molecule has 0 saturated carbocycles. The van der Waals surface area contributed by atoms with Crippen molar-refractivity contribution in [2.75, 3.05) is 5.32 Å². The first-order valence-electron chi connectivity index (χ1n) is 8.05. The minimum Gasteiger partial charge on any atom is -0.363 e. The number of H-pyrrole nitrogens is 1. The first-order chi connectivity index (χ1) is 13.5. The molecule has 0 fully saturated rings. The molecule has 4 aromatic rings. The van der Waals surface area contributed by atoms with Gasteiger partial charge >= 0.3 is 6.18 Å². The number of halogens is 3. The van der Waals surface area contributed by atoms with Crippen LogP contribution in [0.1, 0.15) is 11.5 Å². The van der Waals surface area contributed by atoms with E-state index in [1.165, 1.54) is 23.7 Å². The fraction of sp³-hybridized carbons (Fsp3) is 0.118. The quantitative estimate of drug-likeness (QED) is 0.523. The molecular weight excluding hydrogens is 391 g/mol. The average molecular weight is 403 g/mol. The smallest absolute Gasteiger partial charge is 0.363 e. The number of anilines is 1. The maximum Gasteiger partial charge on any atom is 0.433 e. The maximum atomic E-state index is 13.2. The molecule has 4 heterocycles. The van der Waals surface area contributed by atoms with Gasteiger partial charge in [-0.25, -0.2) is 15.0 Å². The minimum atomic E-state index is -4.60. The fourth-order valence-electron chi connectivity index (χ4n) is 2.38. The van der Waals surface area contributed by atoms with E-state index in [0.29, 0.717) is 17.2 Å². The zero-order chi connectivity index (χ0) is 19.6. The number of aromatic nitrogens is 6. The van der Waals surface area contributed by atoms with Gasteiger partial charge in [-0.05, 0) is 23.6 Å². The number of rotatable bonds is 5. The van der Waals surface area contributed by atoms with Crippen molar-refractivity contribution in [3.63, 3.8) is 0 Å². The molecule has 0 aromatic carbocycles. The Hall–Kier alpha value is -3.34. The summed E-state index contributed by atoms with van der Waals surface area (Å²) in [7, 11) is 0. The number of nitrogens with zero attached hydrogens (tertiary/aromatic N) is 5. The van der Waals surface area contributed by atoms with Crippen LogP contribution >= 0.6 is 11.3 Å². The highest BCUT2D eigenvalue weighted by atomic mass is 32.1. The number of alkyl halides is 3. The van der Waals surface area contributed by atoms with Crippen LogP contribution in [0.5, 0.6) is 0 Å². The molecule has 0 amide bonds. The molecule has 142 valence electrons. The Labute approximate surface area is 160 Å². The van der Waals surface area contributed by atoms with Crippen LogP contribution in [0, 0.1) is 0 Å². The van der Waals surface area contributed by atoms with Gasteiger partial charge in [0.1, 0.15) is 11.6 Å². The number of thiophene rings is 1. The molecule has 0 aliphatic carbocycles. The van der Waals surface area contributed by atoms with Crippen LogP contribution in [-0.2, 0) is 12.7 Å². The van der Waals surface area contributed by atoms with Gasteiger partial charge in [0.15, 0.2) is 17.3 Å². The number of hydrogen-bond donors (Lipinski definition) is 2. The molecule has 7 nitrogen and oxygen atoms in total. The molecule has 0 radical (unpaired) electrons. The van der Waals surface area contributed by atoms with Gasteiger partial charge in [0.25, 0.3) is 0 Å². The first-order valence-corrected chi connectivity index (χ1v) is 8.93. The maximum absolute atomic E-state index is 13.2. The number of aromatic amines is 1. The highest BCUT2D eigenvalue weighted by molar-refractivity contribution is 7.13. The zero-order valence-electron chi connectivity index (χ0n) is 14.1. The third kappa shape index (κ3) is 3.98. The summed E-state index contributed by atoms with van der Waals surface area (Å²) in [5.74, 6) is 0.990. The molecule has 4 aromatic heterocycles. The van der Waals surface area contributed by atoms with E-state index in [4.69, 9.17) is 0 Å². The third-order valence-electron chi connectivity index (χ3n) is 3.67. The van der Waals surface area contributed by atoms with E-state index in [2.05, 4.69) is 35.5 Å². The van der Waals surface area contributed by atoms with Crippen LogP contribution in [0.2, 0.25) is 0 Å². The summed E-state index contributed by atoms with van der Waals surface area (Å²) in [6.07, 6.45) is -1.67. The summed E-state index contributed by atoms with van der Waals surface area (Å²) < 4.78 is 39.7. The molecule has 0 saturated heterocycles. The summed E-state index contributed by atoms with van der Waals surface area (Å²) in [6, 6.07) is 7.72. The highest BCUT2D eigenvalue weighted by Gasteiger charge is 2.33. The standard InChI is InChI=1S/C17H12F3N7S/c18-17(19,20)12-8-13(24-15(23-12)10-3-5-21-6-4-10)22-9-14-25-16(27-26-14)11-2-1-7-28-11/h1-8H,9H2,(H,22,23,24)(H,25,26,27). The summed E-state index contributed by atoms with van der Waals surface area (Å²) in [4.78, 5) is 16.9. The Morgan fingerprint density at radius 1 is 1.04 bits per heavy atom. The van der Waals surface area contributed by atoms with E-state index in [0.717, 1.165) is 10.9 Å². The first kappa shape index (κ1) is 18.0. The summed E-state index contributed by atoms with van der Waals surface area (Å²) in [6.45, 7) is 0.127. The van der Waals surface area contributed by atoms with Crippen molar-refractivity contribution in [2.24, 2.45) is 0 Å². The van der Waals surface area contributed by atoms with Crippen LogP contribution in [0.4, 0.5) is 19.0 Å². The van der Waals surface area contributed by atoms with Crippen LogP contribution in [0.15, 0.2) is 48.1 Å². The van der Waals surface area contributed by atoms with Crippen molar-refractivity contribution < 1.29 is 13.2 Å². The molecule has 11 heteroatoms. The van der Waals surface area contributed by atoms with Gasteiger partial charge in [-0.2, -0.15) is 18.3 Å². The molecule has 4 rings (SSSR count). The van der Waals surface area contributed by atoms with Crippen molar-refractivity contribution in [3.05, 3.63) is 59.6 Å². The molecule has 2 N–H and O–H groups in total. The minimum absolute atomic E-state index is 0.0308. The van der Waals surface area contributed by atoms with Gasteiger partial charge in [0.05, 0.1) is 11.4 Å². The van der Waals surface area contributed by atoms with E-state index >= 15 is 0 Å². The zero-order valence-corrected chi connectivity index (χ0v) is 14.9. The monoisotopic (exact) mass is 403 g/mol. The number of pyridine rings is 1. The van der Waals surface area contributed by atoms with Gasteiger partial charge in [-0.1, -0.05) is 6.07 Å². The Morgan fingerprint density at radius 3 is 2.57 bits per heavy atom. The van der Waals surface area contributed by atoms with Crippen LogP contribution in [0.25, 0.3) is 22.1 Å². The lowest BCUT2D eigenvalue weighted by Crippen LogP contribution is -2.12. The highest BCUT2D eigenvalue weighted by Crippen LogP contribution is 2.30. The second kappa shape index (κ2) is 7.35. The van der Waals surface area contributed by atoms with Gasteiger partial charge in [-0.3, -0.25) is 10.1 Å². The van der Waals surface area contributed by atoms with E-state index in [1.54, 1.807) is 12.1 Å². The van der Waals surface area contributed by atoms with E-state index < -0.39 is 11.9 Å². The van der Waals surface area contributed by atoms with Crippen molar-refractivity contribution in [2.45, 2.75) is 12.7 Å². The summed E-state index contributed by atoms with van der Waals surface area (Å²) in [5.41, 5.74) is -0.600. The lowest BCUT2D eigenvalue weighted by Gasteiger charge is -2.11. The van der Waals surface area contributed by atoms with Crippen molar-refractivity contribution in [1.29, 1.82) is 0 Å². The van der Waals surface area contributed by atoms with E-state index in [-0.39, 0.29) is 18.2 Å². The molecule has 0 bridgehead atoms. The fourth-order valence-corrected chi connectivity index (χ4v) is 3.04. The molecule has 0 atom stereocenters. The van der Waals surface area contributed by atoms with Crippen LogP contribution in [0.3, 0.4) is 0 Å². The average Bonchev–Trinajstić information content (AvgIpc) is 3.38. The SMILES string of the molecule is FC(F)(F)c1cc(NCc2nc(-c3cccs3)n[nH]2)nc(-c2ccncc2)n1. The third-order valence-corrected chi connectivity index (χ3v) is 4.53. The number of nitrogens with one attached hydrogen (secondary N) is 2. The molecular formula is C17H12F3N7S. The van der Waals surface area contributed by atoms with Gasteiger partial charge in [-0.15, -0.1) is 11.3 Å². The molecule has 0 unspecified atom stereocenters. The van der Waals surface area contributed by atoms with Crippen LogP contribution < -0.4 is 5.32 Å². The van der Waals surface area contributed by atoms with Crippen molar-refractivity contribution in [3.8, 4) is 22.1 Å². The number of hydrogen-bond acceptors (Lipinski definition) is 7. The van der Waals surface area contributed by atoms with Crippen LogP contribution in [-0.4, -0.2) is 30.1 Å². The predicted octanol–water partition coefficient (Wildman–Crippen LogP) is 4.02. The summed E-state index contributed by atoms with van der Waals surface area (Å²) in [5, 5.41) is 11.6. The topological polar surface area (TPSA) is 92.3 Å². The van der Waals surface area contributed by atoms with E-state index in [9.17, 15) is 13.2 Å². The Balaban J connectivity index is 1.58. The van der Waals surface area contributed by atoms with Gasteiger partial charge in [0.2, 0.25) is 0 Å². The van der Waals surface area contributed by atoms with Crippen molar-refractivity contribution in [1.82, 2.24) is 30.1 Å². The normalized spacial score (nSPS) is 11.5. The predicted molar refractivity (Wildman–Crippen MR) is 97.3 cm³/mol. The Morgan fingerprint density at radius 2 is 1.86 bits per heavy atom. The second-order valence-corrected chi connectivity index (χ2v) is 6.58. The molecule has 0 aliphatic rings. The lowest BCUT2D eigenvalue weighted by atomic mass is 10.2. The lowest BCUT2D eigenvalue weighted by molar-refractivity contribution is -0.141. The van der Waals surface area contributed by atoms with Gasteiger partial charge < -0.3 is 5.32 Å². The van der Waals surface area contributed by atoms with Crippen molar-refractivity contribution >= 4 is 17.2 Å². The molecule has 0 spiro atoms. The molecule has 0 aliphatic heterocycles. The second-order valence-electron chi connectivity index (χ2n) is 5.63. The Bertz CT molecular complexity index is 1060. The summed E-state index contributed by atoms with van der Waals surface area (Å²) >= 11 is 1.49. The molecule has 28 heavy (non-hydrogen) atoms. The Kier molecular flexibility index (Phi) is 4.74. The van der Waals surface area contributed by atoms with E-state index in [1.807, 2.05) is 17.5 Å². The largest absolute Gasteiger partial charge is 0.433 e. The van der Waals surface area contributed by atoms with Gasteiger partial charge in [0, 0.05) is 24.0 Å².